The Labute approximate surface area is 95.1 Å². The van der Waals surface area contributed by atoms with E-state index in [1.165, 1.54) is 0 Å². The normalized spacial score (nSPS) is 17.1. The van der Waals surface area contributed by atoms with E-state index in [-0.39, 0.29) is 12.6 Å². The molecule has 1 saturated carbocycles. The summed E-state index contributed by atoms with van der Waals surface area (Å²) in [6.07, 6.45) is 3.02. The van der Waals surface area contributed by atoms with Crippen LogP contribution in [0.1, 0.15) is 37.9 Å². The second-order valence-corrected chi connectivity index (χ2v) is 4.37. The zero-order valence-corrected chi connectivity index (χ0v) is 9.48. The van der Waals surface area contributed by atoms with Gasteiger partial charge in [-0.2, -0.15) is 0 Å². The molecule has 1 aliphatic rings. The van der Waals surface area contributed by atoms with Gasteiger partial charge in [0, 0.05) is 24.6 Å². The first-order chi connectivity index (χ1) is 7.69. The van der Waals surface area contributed by atoms with Crippen LogP contribution in [-0.2, 0) is 0 Å². The molecule has 4 N–H and O–H groups in total. The van der Waals surface area contributed by atoms with Gasteiger partial charge >= 0.3 is 0 Å². The minimum absolute atomic E-state index is 0.171. The number of aliphatic hydroxyl groups is 1. The zero-order chi connectivity index (χ0) is 11.5. The molecule has 0 aromatic carbocycles. The van der Waals surface area contributed by atoms with Crippen molar-refractivity contribution in [2.75, 3.05) is 17.7 Å². The average Bonchev–Trinajstić information content (AvgIpc) is 2.99. The van der Waals surface area contributed by atoms with Crippen LogP contribution in [0.4, 0.5) is 11.6 Å². The van der Waals surface area contributed by atoms with Crippen molar-refractivity contribution in [1.82, 2.24) is 9.97 Å². The molecule has 0 aliphatic heterocycles. The summed E-state index contributed by atoms with van der Waals surface area (Å²) < 4.78 is 0. The molecular formula is C11H18N4O. The lowest BCUT2D eigenvalue weighted by Crippen LogP contribution is -2.18. The van der Waals surface area contributed by atoms with E-state index in [9.17, 15) is 0 Å². The number of hydrogen-bond donors (Lipinski definition) is 3. The first kappa shape index (κ1) is 11.1. The molecule has 1 aromatic rings. The van der Waals surface area contributed by atoms with Crippen LogP contribution in [0.25, 0.3) is 0 Å². The lowest BCUT2D eigenvalue weighted by molar-refractivity contribution is 0.282. The van der Waals surface area contributed by atoms with E-state index in [1.54, 1.807) is 6.07 Å². The molecule has 0 amide bonds. The van der Waals surface area contributed by atoms with Gasteiger partial charge in [0.25, 0.3) is 0 Å². The maximum atomic E-state index is 8.82. The molecule has 0 bridgehead atoms. The van der Waals surface area contributed by atoms with E-state index in [1.807, 2.05) is 6.92 Å². The van der Waals surface area contributed by atoms with Crippen LogP contribution in [0, 0.1) is 0 Å². The van der Waals surface area contributed by atoms with Crippen LogP contribution < -0.4 is 11.1 Å². The lowest BCUT2D eigenvalue weighted by atomic mass is 10.2. The van der Waals surface area contributed by atoms with Gasteiger partial charge in [-0.25, -0.2) is 9.97 Å². The van der Waals surface area contributed by atoms with Gasteiger partial charge in [-0.3, -0.25) is 0 Å². The molecule has 1 aliphatic carbocycles. The number of nitrogens with zero attached hydrogens (tertiary/aromatic N) is 2. The van der Waals surface area contributed by atoms with Gasteiger partial charge in [-0.15, -0.1) is 0 Å². The minimum Gasteiger partial charge on any atom is -0.396 e. The Morgan fingerprint density at radius 3 is 2.94 bits per heavy atom. The Morgan fingerprint density at radius 2 is 2.31 bits per heavy atom. The maximum Gasteiger partial charge on any atom is 0.136 e. The number of nitrogens with one attached hydrogen (secondary N) is 1. The standard InChI is InChI=1S/C11H18N4O/c1-7(4-5-16)13-10-6-9(12)14-11(15-10)8-2-3-8/h6-8,16H,2-5H2,1H3,(H3,12,13,14,15). The molecule has 2 rings (SSSR count). The number of anilines is 2. The lowest BCUT2D eigenvalue weighted by Gasteiger charge is -2.14. The molecule has 5 heteroatoms. The van der Waals surface area contributed by atoms with Crippen molar-refractivity contribution in [2.45, 2.75) is 38.1 Å². The Hall–Kier alpha value is -1.36. The number of aromatic nitrogens is 2. The fraction of sp³-hybridized carbons (Fsp3) is 0.636. The molecular weight excluding hydrogens is 204 g/mol. The summed E-state index contributed by atoms with van der Waals surface area (Å²) >= 11 is 0. The summed E-state index contributed by atoms with van der Waals surface area (Å²) in [6.45, 7) is 2.18. The zero-order valence-electron chi connectivity index (χ0n) is 9.48. The number of rotatable bonds is 5. The summed E-state index contributed by atoms with van der Waals surface area (Å²) in [5, 5.41) is 12.0. The largest absolute Gasteiger partial charge is 0.396 e. The van der Waals surface area contributed by atoms with E-state index in [0.717, 1.165) is 24.5 Å². The topological polar surface area (TPSA) is 84.1 Å². The van der Waals surface area contributed by atoms with Crippen molar-refractivity contribution in [3.8, 4) is 0 Å². The van der Waals surface area contributed by atoms with Crippen LogP contribution in [0.2, 0.25) is 0 Å². The van der Waals surface area contributed by atoms with Crippen LogP contribution in [0.5, 0.6) is 0 Å². The van der Waals surface area contributed by atoms with Gasteiger partial charge in [0.05, 0.1) is 0 Å². The number of nitrogens with two attached hydrogens (primary N) is 1. The Bertz CT molecular complexity index is 365. The average molecular weight is 222 g/mol. The van der Waals surface area contributed by atoms with Crippen molar-refractivity contribution in [1.29, 1.82) is 0 Å². The predicted octanol–water partition coefficient (Wildman–Crippen LogP) is 1.12. The van der Waals surface area contributed by atoms with Crippen LogP contribution in [0.15, 0.2) is 6.07 Å². The summed E-state index contributed by atoms with van der Waals surface area (Å²) in [4.78, 5) is 8.66. The van der Waals surface area contributed by atoms with E-state index < -0.39 is 0 Å². The molecule has 16 heavy (non-hydrogen) atoms. The van der Waals surface area contributed by atoms with Crippen molar-refractivity contribution in [3.05, 3.63) is 11.9 Å². The highest BCUT2D eigenvalue weighted by Gasteiger charge is 2.27. The second kappa shape index (κ2) is 4.65. The van der Waals surface area contributed by atoms with Gasteiger partial charge in [-0.1, -0.05) is 0 Å². The predicted molar refractivity (Wildman–Crippen MR) is 63.2 cm³/mol. The first-order valence-electron chi connectivity index (χ1n) is 5.71. The summed E-state index contributed by atoms with van der Waals surface area (Å²) in [5.41, 5.74) is 5.73. The van der Waals surface area contributed by atoms with Crippen molar-refractivity contribution < 1.29 is 5.11 Å². The van der Waals surface area contributed by atoms with Crippen molar-refractivity contribution in [3.63, 3.8) is 0 Å². The fourth-order valence-electron chi connectivity index (χ4n) is 1.60. The molecule has 1 atom stereocenters. The molecule has 0 saturated heterocycles. The van der Waals surface area contributed by atoms with E-state index in [2.05, 4.69) is 15.3 Å². The molecule has 1 unspecified atom stereocenters. The number of hydrogen-bond acceptors (Lipinski definition) is 5. The first-order valence-corrected chi connectivity index (χ1v) is 5.71. The molecule has 1 heterocycles. The highest BCUT2D eigenvalue weighted by Crippen LogP contribution is 2.38. The third-order valence-corrected chi connectivity index (χ3v) is 2.66. The van der Waals surface area contributed by atoms with E-state index in [4.69, 9.17) is 10.8 Å². The maximum absolute atomic E-state index is 8.82. The number of aliphatic hydroxyl groups excluding tert-OH is 1. The summed E-state index contributed by atoms with van der Waals surface area (Å²) in [7, 11) is 0. The monoisotopic (exact) mass is 222 g/mol. The third kappa shape index (κ3) is 2.82. The highest BCUT2D eigenvalue weighted by molar-refractivity contribution is 5.45. The smallest absolute Gasteiger partial charge is 0.136 e. The molecule has 5 nitrogen and oxygen atoms in total. The number of nitrogen functional groups attached to an aromatic ring is 1. The van der Waals surface area contributed by atoms with Crippen LogP contribution >= 0.6 is 0 Å². The summed E-state index contributed by atoms with van der Waals surface area (Å²) in [6, 6.07) is 1.92. The van der Waals surface area contributed by atoms with Crippen molar-refractivity contribution in [2.24, 2.45) is 0 Å². The molecule has 0 spiro atoms. The Morgan fingerprint density at radius 1 is 1.56 bits per heavy atom. The Kier molecular flexibility index (Phi) is 3.24. The third-order valence-electron chi connectivity index (χ3n) is 2.66. The van der Waals surface area contributed by atoms with Gasteiger partial charge in [-0.05, 0) is 26.2 Å². The molecule has 1 fully saturated rings. The van der Waals surface area contributed by atoms with Gasteiger partial charge < -0.3 is 16.2 Å². The quantitative estimate of drug-likeness (QED) is 0.695. The minimum atomic E-state index is 0.171. The van der Waals surface area contributed by atoms with Crippen LogP contribution in [-0.4, -0.2) is 27.7 Å². The highest BCUT2D eigenvalue weighted by atomic mass is 16.3. The van der Waals surface area contributed by atoms with Gasteiger partial charge in [0.15, 0.2) is 0 Å². The molecule has 1 aromatic heterocycles. The van der Waals surface area contributed by atoms with Gasteiger partial charge in [0.1, 0.15) is 17.5 Å². The van der Waals surface area contributed by atoms with Crippen LogP contribution in [0.3, 0.4) is 0 Å². The SMILES string of the molecule is CC(CCO)Nc1cc(N)nc(C2CC2)n1. The van der Waals surface area contributed by atoms with Gasteiger partial charge in [0.2, 0.25) is 0 Å². The molecule has 0 radical (unpaired) electrons. The molecule has 88 valence electrons. The summed E-state index contributed by atoms with van der Waals surface area (Å²) in [5.74, 6) is 2.61. The van der Waals surface area contributed by atoms with Crippen molar-refractivity contribution >= 4 is 11.6 Å². The van der Waals surface area contributed by atoms with E-state index in [0.29, 0.717) is 18.2 Å². The Balaban J connectivity index is 2.07. The second-order valence-electron chi connectivity index (χ2n) is 4.37. The van der Waals surface area contributed by atoms with E-state index >= 15 is 0 Å². The fourth-order valence-corrected chi connectivity index (χ4v) is 1.60.